The maximum Gasteiger partial charge on any atom is 0.200 e. The van der Waals surface area contributed by atoms with Gasteiger partial charge in [0.15, 0.2) is 5.43 Å². The molecular formula is C17H11NO2. The van der Waals surface area contributed by atoms with Gasteiger partial charge in [-0.05, 0) is 41.3 Å². The van der Waals surface area contributed by atoms with E-state index >= 15 is 0 Å². The van der Waals surface area contributed by atoms with Crippen molar-refractivity contribution in [2.24, 2.45) is 0 Å². The lowest BCUT2D eigenvalue weighted by molar-refractivity contribution is 0.604. The van der Waals surface area contributed by atoms with E-state index in [1.807, 2.05) is 42.6 Å². The second kappa shape index (κ2) is 4.10. The third-order valence-corrected chi connectivity index (χ3v) is 3.54. The molecule has 0 saturated carbocycles. The van der Waals surface area contributed by atoms with Crippen molar-refractivity contribution in [2.45, 2.75) is 0 Å². The van der Waals surface area contributed by atoms with E-state index in [0.29, 0.717) is 16.5 Å². The van der Waals surface area contributed by atoms with E-state index < -0.39 is 0 Å². The van der Waals surface area contributed by atoms with E-state index in [0.717, 1.165) is 16.5 Å². The van der Waals surface area contributed by atoms with Gasteiger partial charge in [-0.15, -0.1) is 0 Å². The molecule has 0 aliphatic heterocycles. The lowest BCUT2D eigenvalue weighted by Gasteiger charge is -2.03. The third-order valence-electron chi connectivity index (χ3n) is 3.54. The van der Waals surface area contributed by atoms with Gasteiger partial charge in [-0.2, -0.15) is 0 Å². The smallest absolute Gasteiger partial charge is 0.200 e. The Kier molecular flexibility index (Phi) is 2.27. The average Bonchev–Trinajstić information content (AvgIpc) is 2.95. The fourth-order valence-electron chi connectivity index (χ4n) is 2.50. The summed E-state index contributed by atoms with van der Waals surface area (Å²) >= 11 is 0. The van der Waals surface area contributed by atoms with Crippen LogP contribution in [0.25, 0.3) is 33.0 Å². The monoisotopic (exact) mass is 261 g/mol. The Morgan fingerprint density at radius 1 is 1.00 bits per heavy atom. The molecule has 0 bridgehead atoms. The molecule has 2 aromatic carbocycles. The lowest BCUT2D eigenvalue weighted by Crippen LogP contribution is -2.04. The van der Waals surface area contributed by atoms with E-state index in [9.17, 15) is 4.79 Å². The predicted octanol–water partition coefficient (Wildman–Crippen LogP) is 3.94. The van der Waals surface area contributed by atoms with Crippen molar-refractivity contribution in [3.05, 3.63) is 71.2 Å². The molecule has 2 aromatic heterocycles. The van der Waals surface area contributed by atoms with E-state index in [-0.39, 0.29) is 5.43 Å². The van der Waals surface area contributed by atoms with Crippen molar-refractivity contribution < 1.29 is 4.42 Å². The molecule has 2 heterocycles. The number of benzene rings is 2. The molecular weight excluding hydrogens is 250 g/mol. The largest absolute Gasteiger partial charge is 0.463 e. The molecule has 0 unspecified atom stereocenters. The second-order valence-corrected chi connectivity index (χ2v) is 4.75. The Morgan fingerprint density at radius 2 is 1.90 bits per heavy atom. The zero-order chi connectivity index (χ0) is 13.5. The van der Waals surface area contributed by atoms with Gasteiger partial charge in [0, 0.05) is 11.7 Å². The first-order valence-electron chi connectivity index (χ1n) is 6.41. The normalized spacial score (nSPS) is 11.2. The number of hydrogen-bond acceptors (Lipinski definition) is 2. The van der Waals surface area contributed by atoms with Gasteiger partial charge < -0.3 is 9.40 Å². The van der Waals surface area contributed by atoms with Crippen molar-refractivity contribution in [1.82, 2.24) is 4.98 Å². The highest BCUT2D eigenvalue weighted by atomic mass is 16.3. The number of H-pyrrole nitrogens is 1. The van der Waals surface area contributed by atoms with Crippen LogP contribution in [0, 0.1) is 0 Å². The molecule has 20 heavy (non-hydrogen) atoms. The fourth-order valence-corrected chi connectivity index (χ4v) is 2.50. The molecule has 0 saturated heterocycles. The van der Waals surface area contributed by atoms with Crippen molar-refractivity contribution in [1.29, 1.82) is 0 Å². The molecule has 3 heteroatoms. The maximum absolute atomic E-state index is 12.5. The molecule has 1 N–H and O–H groups in total. The topological polar surface area (TPSA) is 46.0 Å². The molecule has 4 aromatic rings. The molecule has 96 valence electrons. The quantitative estimate of drug-likeness (QED) is 0.564. The first-order valence-corrected chi connectivity index (χ1v) is 6.41. The van der Waals surface area contributed by atoms with Gasteiger partial charge in [-0.1, -0.05) is 18.2 Å². The van der Waals surface area contributed by atoms with Crippen molar-refractivity contribution in [3.8, 4) is 11.1 Å². The van der Waals surface area contributed by atoms with Crippen LogP contribution in [0.4, 0.5) is 0 Å². The predicted molar refractivity (Wildman–Crippen MR) is 79.8 cm³/mol. The number of hydrogen-bond donors (Lipinski definition) is 1. The van der Waals surface area contributed by atoms with Gasteiger partial charge in [-0.25, -0.2) is 0 Å². The van der Waals surface area contributed by atoms with Crippen molar-refractivity contribution in [2.75, 3.05) is 0 Å². The number of para-hydroxylation sites is 1. The molecule has 0 atom stereocenters. The highest BCUT2D eigenvalue weighted by molar-refractivity contribution is 5.87. The summed E-state index contributed by atoms with van der Waals surface area (Å²) in [5.74, 6) is 0. The van der Waals surface area contributed by atoms with Gasteiger partial charge in [-0.3, -0.25) is 4.79 Å². The lowest BCUT2D eigenvalue weighted by atomic mass is 10.0. The first kappa shape index (κ1) is 11.1. The minimum Gasteiger partial charge on any atom is -0.463 e. The summed E-state index contributed by atoms with van der Waals surface area (Å²) < 4.78 is 5.56. The van der Waals surface area contributed by atoms with Crippen LogP contribution in [-0.2, 0) is 0 Å². The van der Waals surface area contributed by atoms with Crippen LogP contribution < -0.4 is 5.43 Å². The SMILES string of the molecule is O=c1c(-c2ccc3[nH]ccc3c2)coc2ccccc12. The maximum atomic E-state index is 12.5. The Morgan fingerprint density at radius 3 is 2.85 bits per heavy atom. The Labute approximate surface area is 114 Å². The van der Waals surface area contributed by atoms with E-state index in [4.69, 9.17) is 4.42 Å². The van der Waals surface area contributed by atoms with Gasteiger partial charge in [0.25, 0.3) is 0 Å². The van der Waals surface area contributed by atoms with Crippen molar-refractivity contribution in [3.63, 3.8) is 0 Å². The van der Waals surface area contributed by atoms with Crippen LogP contribution in [-0.4, -0.2) is 4.98 Å². The Bertz CT molecular complexity index is 979. The number of aromatic nitrogens is 1. The molecule has 0 aliphatic carbocycles. The standard InChI is InChI=1S/C17H11NO2/c19-17-13-3-1-2-4-16(13)20-10-14(17)11-5-6-15-12(9-11)7-8-18-15/h1-10,18H. The summed E-state index contributed by atoms with van der Waals surface area (Å²) in [5, 5.41) is 1.69. The molecule has 0 amide bonds. The Hall–Kier alpha value is -2.81. The molecule has 0 aliphatic rings. The van der Waals surface area contributed by atoms with Crippen molar-refractivity contribution >= 4 is 21.9 Å². The molecule has 0 fully saturated rings. The van der Waals surface area contributed by atoms with Crippen LogP contribution in [0.2, 0.25) is 0 Å². The highest BCUT2D eigenvalue weighted by Crippen LogP contribution is 2.23. The van der Waals surface area contributed by atoms with E-state index in [1.54, 1.807) is 18.4 Å². The summed E-state index contributed by atoms with van der Waals surface area (Å²) in [4.78, 5) is 15.7. The average molecular weight is 261 g/mol. The minimum atomic E-state index is 0.00161. The summed E-state index contributed by atoms with van der Waals surface area (Å²) in [7, 11) is 0. The number of fused-ring (bicyclic) bond motifs is 2. The zero-order valence-corrected chi connectivity index (χ0v) is 10.6. The van der Waals surface area contributed by atoms with E-state index in [1.165, 1.54) is 0 Å². The fraction of sp³-hybridized carbons (Fsp3) is 0. The van der Waals surface area contributed by atoms with Gasteiger partial charge >= 0.3 is 0 Å². The Balaban J connectivity index is 2.01. The van der Waals surface area contributed by atoms with E-state index in [2.05, 4.69) is 4.98 Å². The molecule has 4 rings (SSSR count). The zero-order valence-electron chi connectivity index (χ0n) is 10.6. The van der Waals surface area contributed by atoms with Crippen LogP contribution >= 0.6 is 0 Å². The van der Waals surface area contributed by atoms with Gasteiger partial charge in [0.05, 0.1) is 10.9 Å². The molecule has 0 spiro atoms. The summed E-state index contributed by atoms with van der Waals surface area (Å²) in [6, 6.07) is 15.2. The van der Waals surface area contributed by atoms with Crippen LogP contribution in [0.3, 0.4) is 0 Å². The number of nitrogens with one attached hydrogen (secondary N) is 1. The number of rotatable bonds is 1. The van der Waals surface area contributed by atoms with Gasteiger partial charge in [0.2, 0.25) is 0 Å². The van der Waals surface area contributed by atoms with Crippen LogP contribution in [0.5, 0.6) is 0 Å². The molecule has 0 radical (unpaired) electrons. The minimum absolute atomic E-state index is 0.00161. The van der Waals surface area contributed by atoms with Crippen LogP contribution in [0.15, 0.2) is 70.2 Å². The number of aromatic amines is 1. The highest BCUT2D eigenvalue weighted by Gasteiger charge is 2.09. The third kappa shape index (κ3) is 1.57. The first-order chi connectivity index (χ1) is 9.83. The summed E-state index contributed by atoms with van der Waals surface area (Å²) in [6.45, 7) is 0. The molecule has 3 nitrogen and oxygen atoms in total. The summed E-state index contributed by atoms with van der Waals surface area (Å²) in [5.41, 5.74) is 3.13. The van der Waals surface area contributed by atoms with Crippen LogP contribution in [0.1, 0.15) is 0 Å². The summed E-state index contributed by atoms with van der Waals surface area (Å²) in [6.07, 6.45) is 3.43. The van der Waals surface area contributed by atoms with Gasteiger partial charge in [0.1, 0.15) is 11.8 Å². The second-order valence-electron chi connectivity index (χ2n) is 4.75.